The quantitative estimate of drug-likeness (QED) is 0.491. The van der Waals surface area contributed by atoms with Crippen LogP contribution >= 0.6 is 11.6 Å². The van der Waals surface area contributed by atoms with Gasteiger partial charge in [-0.2, -0.15) is 0 Å². The number of benzene rings is 1. The van der Waals surface area contributed by atoms with Crippen LogP contribution in [-0.4, -0.2) is 33.2 Å². The van der Waals surface area contributed by atoms with Crippen molar-refractivity contribution in [1.82, 2.24) is 9.88 Å². The number of Topliss-reactive ketones (excluding diaryl/α,β-unsaturated/α-hetero) is 1. The SMILES string of the molecule is CCCCN1C(=O)C(=O)/C(=C(\O)c2ccncc2)C1c1ccc(Cl)cc1. The zero-order valence-electron chi connectivity index (χ0n) is 14.4. The third-order valence-electron chi connectivity index (χ3n) is 4.43. The Morgan fingerprint density at radius 3 is 2.42 bits per heavy atom. The number of hydrogen-bond donors (Lipinski definition) is 1. The summed E-state index contributed by atoms with van der Waals surface area (Å²) in [6.45, 7) is 2.46. The van der Waals surface area contributed by atoms with E-state index in [-0.39, 0.29) is 11.3 Å². The van der Waals surface area contributed by atoms with Crippen molar-refractivity contribution in [2.75, 3.05) is 6.54 Å². The summed E-state index contributed by atoms with van der Waals surface area (Å²) in [4.78, 5) is 30.7. The second-order valence-corrected chi connectivity index (χ2v) is 6.57. The number of aliphatic hydroxyl groups excluding tert-OH is 1. The Balaban J connectivity index is 2.15. The molecule has 1 unspecified atom stereocenters. The maximum atomic E-state index is 12.7. The van der Waals surface area contributed by atoms with Crippen LogP contribution in [0.25, 0.3) is 5.76 Å². The molecule has 5 nitrogen and oxygen atoms in total. The normalized spacial score (nSPS) is 19.2. The van der Waals surface area contributed by atoms with Gasteiger partial charge in [-0.15, -0.1) is 0 Å². The standard InChI is InChI=1S/C20H19ClN2O3/c1-2-3-12-23-17(13-4-6-15(21)7-5-13)16(19(25)20(23)26)18(24)14-8-10-22-11-9-14/h4-11,17,24H,2-3,12H2,1H3/b18-16-. The molecule has 1 fully saturated rings. The zero-order chi connectivity index (χ0) is 18.7. The zero-order valence-corrected chi connectivity index (χ0v) is 15.1. The van der Waals surface area contributed by atoms with Crippen molar-refractivity contribution >= 4 is 29.1 Å². The molecule has 0 bridgehead atoms. The van der Waals surface area contributed by atoms with Crippen LogP contribution < -0.4 is 0 Å². The molecule has 26 heavy (non-hydrogen) atoms. The van der Waals surface area contributed by atoms with E-state index in [1.807, 2.05) is 6.92 Å². The van der Waals surface area contributed by atoms with Crippen LogP contribution in [0.4, 0.5) is 0 Å². The molecule has 1 aromatic carbocycles. The maximum Gasteiger partial charge on any atom is 0.295 e. The van der Waals surface area contributed by atoms with E-state index in [2.05, 4.69) is 4.98 Å². The van der Waals surface area contributed by atoms with Crippen molar-refractivity contribution in [3.63, 3.8) is 0 Å². The fourth-order valence-electron chi connectivity index (χ4n) is 3.10. The highest BCUT2D eigenvalue weighted by Gasteiger charge is 2.45. The number of hydrogen-bond acceptors (Lipinski definition) is 4. The summed E-state index contributed by atoms with van der Waals surface area (Å²) in [5, 5.41) is 11.3. The Hall–Kier alpha value is -2.66. The Morgan fingerprint density at radius 2 is 1.81 bits per heavy atom. The lowest BCUT2D eigenvalue weighted by atomic mass is 9.95. The van der Waals surface area contributed by atoms with Gasteiger partial charge in [0.1, 0.15) is 5.76 Å². The van der Waals surface area contributed by atoms with E-state index >= 15 is 0 Å². The molecule has 1 N–H and O–H groups in total. The number of aromatic nitrogens is 1. The minimum atomic E-state index is -0.671. The Labute approximate surface area is 156 Å². The number of halogens is 1. The van der Waals surface area contributed by atoms with Crippen molar-refractivity contribution in [3.8, 4) is 0 Å². The van der Waals surface area contributed by atoms with Crippen LogP contribution in [0.5, 0.6) is 0 Å². The van der Waals surface area contributed by atoms with Crippen LogP contribution in [0.15, 0.2) is 54.4 Å². The predicted octanol–water partition coefficient (Wildman–Crippen LogP) is 3.96. The molecule has 2 aromatic rings. The van der Waals surface area contributed by atoms with Gasteiger partial charge in [0.25, 0.3) is 11.7 Å². The van der Waals surface area contributed by atoms with Gasteiger partial charge in [-0.1, -0.05) is 37.1 Å². The highest BCUT2D eigenvalue weighted by molar-refractivity contribution is 6.46. The average molecular weight is 371 g/mol. The van der Waals surface area contributed by atoms with Gasteiger partial charge >= 0.3 is 0 Å². The van der Waals surface area contributed by atoms with Gasteiger partial charge in [-0.3, -0.25) is 14.6 Å². The summed E-state index contributed by atoms with van der Waals surface area (Å²) in [6, 6.07) is 9.55. The molecule has 1 aromatic heterocycles. The molecule has 1 amide bonds. The number of nitrogens with zero attached hydrogens (tertiary/aromatic N) is 2. The first-order chi connectivity index (χ1) is 12.5. The lowest BCUT2D eigenvalue weighted by Crippen LogP contribution is -2.30. The van der Waals surface area contributed by atoms with Crippen molar-refractivity contribution < 1.29 is 14.7 Å². The summed E-state index contributed by atoms with van der Waals surface area (Å²) in [7, 11) is 0. The predicted molar refractivity (Wildman–Crippen MR) is 99.6 cm³/mol. The molecule has 3 rings (SSSR count). The molecule has 6 heteroatoms. The molecule has 1 atom stereocenters. The highest BCUT2D eigenvalue weighted by Crippen LogP contribution is 2.39. The van der Waals surface area contributed by atoms with Gasteiger partial charge < -0.3 is 10.0 Å². The number of carbonyl (C=O) groups excluding carboxylic acids is 2. The van der Waals surface area contributed by atoms with E-state index in [1.54, 1.807) is 36.4 Å². The van der Waals surface area contributed by atoms with E-state index in [1.165, 1.54) is 17.3 Å². The maximum absolute atomic E-state index is 12.7. The number of amides is 1. The summed E-state index contributed by atoms with van der Waals surface area (Å²) in [5.41, 5.74) is 1.28. The van der Waals surface area contributed by atoms with E-state index in [9.17, 15) is 14.7 Å². The van der Waals surface area contributed by atoms with E-state index in [0.29, 0.717) is 17.1 Å². The van der Waals surface area contributed by atoms with Gasteiger partial charge in [-0.25, -0.2) is 0 Å². The largest absolute Gasteiger partial charge is 0.507 e. The summed E-state index contributed by atoms with van der Waals surface area (Å²) in [5.74, 6) is -1.45. The van der Waals surface area contributed by atoms with E-state index in [0.717, 1.165) is 18.4 Å². The monoisotopic (exact) mass is 370 g/mol. The lowest BCUT2D eigenvalue weighted by Gasteiger charge is -2.25. The molecule has 1 saturated heterocycles. The van der Waals surface area contributed by atoms with Gasteiger partial charge in [0.2, 0.25) is 0 Å². The number of carbonyl (C=O) groups is 2. The first-order valence-electron chi connectivity index (χ1n) is 8.49. The first-order valence-corrected chi connectivity index (χ1v) is 8.86. The third kappa shape index (κ3) is 3.35. The summed E-state index contributed by atoms with van der Waals surface area (Å²) < 4.78 is 0. The molecule has 1 aliphatic rings. The van der Waals surface area contributed by atoms with Gasteiger partial charge in [-0.05, 0) is 36.2 Å². The topological polar surface area (TPSA) is 70.5 Å². The number of ketones is 1. The average Bonchev–Trinajstić information content (AvgIpc) is 2.91. The molecule has 0 radical (unpaired) electrons. The van der Waals surface area contributed by atoms with Crippen LogP contribution in [-0.2, 0) is 9.59 Å². The van der Waals surface area contributed by atoms with Crippen LogP contribution in [0, 0.1) is 0 Å². The van der Waals surface area contributed by atoms with Crippen molar-refractivity contribution in [3.05, 3.63) is 70.5 Å². The Morgan fingerprint density at radius 1 is 1.15 bits per heavy atom. The number of unbranched alkanes of at least 4 members (excludes halogenated alkanes) is 1. The fraction of sp³-hybridized carbons (Fsp3) is 0.250. The molecule has 2 heterocycles. The Kier molecular flexibility index (Phi) is 5.38. The van der Waals surface area contributed by atoms with E-state index in [4.69, 9.17) is 11.6 Å². The number of aliphatic hydroxyl groups is 1. The summed E-state index contributed by atoms with van der Waals surface area (Å²) >= 11 is 5.97. The first kappa shape index (κ1) is 18.1. The number of pyridine rings is 1. The van der Waals surface area contributed by atoms with Crippen LogP contribution in [0.3, 0.4) is 0 Å². The molecule has 0 spiro atoms. The molecule has 1 aliphatic heterocycles. The molecule has 0 aliphatic carbocycles. The Bertz CT molecular complexity index is 847. The smallest absolute Gasteiger partial charge is 0.295 e. The molecule has 0 saturated carbocycles. The van der Waals surface area contributed by atoms with Crippen molar-refractivity contribution in [2.45, 2.75) is 25.8 Å². The fourth-order valence-corrected chi connectivity index (χ4v) is 3.22. The molecule has 134 valence electrons. The second-order valence-electron chi connectivity index (χ2n) is 6.13. The van der Waals surface area contributed by atoms with Crippen molar-refractivity contribution in [2.24, 2.45) is 0 Å². The second kappa shape index (κ2) is 7.70. The van der Waals surface area contributed by atoms with Gasteiger partial charge in [0, 0.05) is 29.5 Å². The summed E-state index contributed by atoms with van der Waals surface area (Å²) in [6.07, 6.45) is 4.71. The van der Waals surface area contributed by atoms with Crippen molar-refractivity contribution in [1.29, 1.82) is 0 Å². The number of rotatable bonds is 5. The minimum absolute atomic E-state index is 0.0969. The lowest BCUT2D eigenvalue weighted by molar-refractivity contribution is -0.139. The minimum Gasteiger partial charge on any atom is -0.507 e. The number of likely N-dealkylation sites (tertiary alicyclic amines) is 1. The van der Waals surface area contributed by atoms with Crippen LogP contribution in [0.2, 0.25) is 5.02 Å². The molecular weight excluding hydrogens is 352 g/mol. The van der Waals surface area contributed by atoms with Gasteiger partial charge in [0.15, 0.2) is 0 Å². The van der Waals surface area contributed by atoms with E-state index < -0.39 is 17.7 Å². The van der Waals surface area contributed by atoms with Gasteiger partial charge in [0.05, 0.1) is 11.6 Å². The van der Waals surface area contributed by atoms with Crippen LogP contribution in [0.1, 0.15) is 36.9 Å². The third-order valence-corrected chi connectivity index (χ3v) is 4.68. The molecular formula is C20H19ClN2O3. The highest BCUT2D eigenvalue weighted by atomic mass is 35.5.